The second kappa shape index (κ2) is 3.29. The van der Waals surface area contributed by atoms with E-state index in [0.29, 0.717) is 6.04 Å². The first kappa shape index (κ1) is 9.00. The van der Waals surface area contributed by atoms with Crippen molar-refractivity contribution >= 4 is 5.97 Å². The Morgan fingerprint density at radius 1 is 1.38 bits per heavy atom. The average Bonchev–Trinajstić information content (AvgIpc) is 2.25. The van der Waals surface area contributed by atoms with Crippen LogP contribution in [0.2, 0.25) is 0 Å². The van der Waals surface area contributed by atoms with Crippen molar-refractivity contribution in [2.45, 2.75) is 38.3 Å². The molecule has 3 atom stereocenters. The van der Waals surface area contributed by atoms with Crippen molar-refractivity contribution in [1.29, 1.82) is 0 Å². The molecule has 1 saturated carbocycles. The van der Waals surface area contributed by atoms with Crippen molar-refractivity contribution < 1.29 is 9.53 Å². The Hall–Kier alpha value is -0.570. The predicted molar refractivity (Wildman–Crippen MR) is 49.3 cm³/mol. The quantitative estimate of drug-likeness (QED) is 0.569. The molecule has 1 heterocycles. The molecule has 1 saturated heterocycles. The van der Waals surface area contributed by atoms with Crippen LogP contribution >= 0.6 is 0 Å². The first-order valence-electron chi connectivity index (χ1n) is 5.02. The van der Waals surface area contributed by atoms with Crippen molar-refractivity contribution in [3.8, 4) is 0 Å². The van der Waals surface area contributed by atoms with Gasteiger partial charge in [0.1, 0.15) is 6.10 Å². The minimum atomic E-state index is -0.131. The Morgan fingerprint density at radius 2 is 2.15 bits per heavy atom. The number of rotatable bonds is 1. The van der Waals surface area contributed by atoms with E-state index in [0.717, 1.165) is 18.8 Å². The molecule has 2 aliphatic rings. The first-order chi connectivity index (χ1) is 6.15. The molecule has 3 heteroatoms. The van der Waals surface area contributed by atoms with Crippen LogP contribution in [0.25, 0.3) is 0 Å². The van der Waals surface area contributed by atoms with Crippen LogP contribution in [-0.2, 0) is 9.53 Å². The molecule has 0 amide bonds. The van der Waals surface area contributed by atoms with Crippen LogP contribution in [0, 0.1) is 5.92 Å². The lowest BCUT2D eigenvalue weighted by molar-refractivity contribution is -0.148. The number of ether oxygens (including phenoxy) is 1. The van der Waals surface area contributed by atoms with E-state index in [-0.39, 0.29) is 12.1 Å². The number of likely N-dealkylation sites (tertiary alicyclic amines) is 1. The highest BCUT2D eigenvalue weighted by Crippen LogP contribution is 2.35. The molecule has 74 valence electrons. The molecule has 0 spiro atoms. The Balaban J connectivity index is 1.93. The van der Waals surface area contributed by atoms with E-state index in [4.69, 9.17) is 4.74 Å². The number of esters is 1. The lowest BCUT2D eigenvalue weighted by Crippen LogP contribution is -2.31. The highest BCUT2D eigenvalue weighted by Gasteiger charge is 2.38. The summed E-state index contributed by atoms with van der Waals surface area (Å²) in [5, 5.41) is 0. The van der Waals surface area contributed by atoms with Crippen molar-refractivity contribution in [1.82, 2.24) is 4.90 Å². The molecule has 0 N–H and O–H groups in total. The van der Waals surface area contributed by atoms with Gasteiger partial charge in [-0.2, -0.15) is 0 Å². The van der Waals surface area contributed by atoms with Gasteiger partial charge in [-0.05, 0) is 32.2 Å². The molecule has 2 rings (SSSR count). The van der Waals surface area contributed by atoms with E-state index in [1.807, 2.05) is 0 Å². The zero-order valence-corrected chi connectivity index (χ0v) is 8.32. The van der Waals surface area contributed by atoms with Gasteiger partial charge < -0.3 is 9.64 Å². The largest absolute Gasteiger partial charge is 0.462 e. The number of fused-ring (bicyclic) bond motifs is 2. The molecule has 2 fully saturated rings. The van der Waals surface area contributed by atoms with Crippen molar-refractivity contribution in [2.24, 2.45) is 5.92 Å². The van der Waals surface area contributed by atoms with E-state index in [1.54, 1.807) is 0 Å². The topological polar surface area (TPSA) is 29.5 Å². The average molecular weight is 183 g/mol. The number of hydrogen-bond acceptors (Lipinski definition) is 3. The Bertz CT molecular complexity index is 215. The van der Waals surface area contributed by atoms with Gasteiger partial charge in [-0.15, -0.1) is 0 Å². The van der Waals surface area contributed by atoms with Gasteiger partial charge in [0.25, 0.3) is 0 Å². The molecule has 3 nitrogen and oxygen atoms in total. The molecule has 0 aromatic carbocycles. The maximum atomic E-state index is 10.8. The van der Waals surface area contributed by atoms with Gasteiger partial charge in [0.15, 0.2) is 0 Å². The highest BCUT2D eigenvalue weighted by atomic mass is 16.5. The van der Waals surface area contributed by atoms with E-state index < -0.39 is 0 Å². The third-order valence-corrected chi connectivity index (χ3v) is 3.24. The Kier molecular flexibility index (Phi) is 2.28. The predicted octanol–water partition coefficient (Wildman–Crippen LogP) is 1.03. The minimum Gasteiger partial charge on any atom is -0.462 e. The summed E-state index contributed by atoms with van der Waals surface area (Å²) in [6.45, 7) is 2.68. The van der Waals surface area contributed by atoms with Gasteiger partial charge in [-0.1, -0.05) is 0 Å². The van der Waals surface area contributed by atoms with Crippen LogP contribution < -0.4 is 0 Å². The fourth-order valence-electron chi connectivity index (χ4n) is 2.74. The lowest BCUT2D eigenvalue weighted by atomic mass is 9.88. The lowest BCUT2D eigenvalue weighted by Gasteiger charge is -2.27. The third-order valence-electron chi connectivity index (χ3n) is 3.24. The van der Waals surface area contributed by atoms with E-state index >= 15 is 0 Å². The molecule has 13 heavy (non-hydrogen) atoms. The molecule has 0 aromatic heterocycles. The van der Waals surface area contributed by atoms with E-state index in [9.17, 15) is 4.79 Å². The summed E-state index contributed by atoms with van der Waals surface area (Å²) >= 11 is 0. The van der Waals surface area contributed by atoms with Crippen LogP contribution in [0.4, 0.5) is 0 Å². The minimum absolute atomic E-state index is 0.131. The van der Waals surface area contributed by atoms with Crippen LogP contribution in [0.3, 0.4) is 0 Å². The van der Waals surface area contributed by atoms with E-state index in [1.165, 1.54) is 19.9 Å². The van der Waals surface area contributed by atoms with Gasteiger partial charge in [-0.3, -0.25) is 4.79 Å². The van der Waals surface area contributed by atoms with Gasteiger partial charge in [0.05, 0.1) is 0 Å². The van der Waals surface area contributed by atoms with Crippen LogP contribution in [0.1, 0.15) is 26.2 Å². The Labute approximate surface area is 79.0 Å². The maximum Gasteiger partial charge on any atom is 0.302 e. The summed E-state index contributed by atoms with van der Waals surface area (Å²) in [6.07, 6.45) is 3.59. The Morgan fingerprint density at radius 3 is 2.77 bits per heavy atom. The van der Waals surface area contributed by atoms with Crippen molar-refractivity contribution in [3.63, 3.8) is 0 Å². The number of carbonyl (C=O) groups excluding carboxylic acids is 1. The monoisotopic (exact) mass is 183 g/mol. The second-order valence-electron chi connectivity index (χ2n) is 4.40. The standard InChI is InChI=1S/C10H17NO2/c1-7(12)13-10-4-8-3-9(5-10)11(2)6-8/h8-10H,3-6H2,1-2H3/t8?,9?,10-/m1/s1. The molecule has 1 aliphatic heterocycles. The van der Waals surface area contributed by atoms with Crippen LogP contribution in [-0.4, -0.2) is 36.6 Å². The molecular weight excluding hydrogens is 166 g/mol. The van der Waals surface area contributed by atoms with Crippen molar-refractivity contribution in [3.05, 3.63) is 0 Å². The summed E-state index contributed by atoms with van der Waals surface area (Å²) < 4.78 is 5.25. The zero-order valence-electron chi connectivity index (χ0n) is 8.32. The van der Waals surface area contributed by atoms with Gasteiger partial charge in [-0.25, -0.2) is 0 Å². The molecule has 1 aliphatic carbocycles. The van der Waals surface area contributed by atoms with Gasteiger partial charge in [0.2, 0.25) is 0 Å². The summed E-state index contributed by atoms with van der Waals surface area (Å²) in [4.78, 5) is 13.2. The molecular formula is C10H17NO2. The second-order valence-corrected chi connectivity index (χ2v) is 4.40. The number of nitrogens with zero attached hydrogens (tertiary/aromatic N) is 1. The van der Waals surface area contributed by atoms with Crippen molar-refractivity contribution in [2.75, 3.05) is 13.6 Å². The summed E-state index contributed by atoms with van der Waals surface area (Å²) in [5.41, 5.74) is 0. The van der Waals surface area contributed by atoms with Crippen LogP contribution in [0.15, 0.2) is 0 Å². The number of hydrogen-bond donors (Lipinski definition) is 0. The summed E-state index contributed by atoms with van der Waals surface area (Å²) in [5.74, 6) is 0.627. The van der Waals surface area contributed by atoms with Gasteiger partial charge in [0, 0.05) is 19.5 Å². The smallest absolute Gasteiger partial charge is 0.302 e. The molecule has 0 aromatic rings. The zero-order chi connectivity index (χ0) is 9.42. The fraction of sp³-hybridized carbons (Fsp3) is 0.900. The third kappa shape index (κ3) is 1.85. The highest BCUT2D eigenvalue weighted by molar-refractivity contribution is 5.66. The summed E-state index contributed by atoms with van der Waals surface area (Å²) in [7, 11) is 2.17. The number of carbonyl (C=O) groups is 1. The van der Waals surface area contributed by atoms with Crippen LogP contribution in [0.5, 0.6) is 0 Å². The van der Waals surface area contributed by atoms with Gasteiger partial charge >= 0.3 is 5.97 Å². The first-order valence-corrected chi connectivity index (χ1v) is 5.02. The SMILES string of the molecule is CC(=O)O[C@@H]1CC2CC(C1)N(C)C2. The summed E-state index contributed by atoms with van der Waals surface area (Å²) in [6, 6.07) is 0.656. The molecule has 0 radical (unpaired) electrons. The molecule has 2 bridgehead atoms. The maximum absolute atomic E-state index is 10.8. The molecule has 2 unspecified atom stereocenters. The van der Waals surface area contributed by atoms with E-state index in [2.05, 4.69) is 11.9 Å². The fourth-order valence-corrected chi connectivity index (χ4v) is 2.74. The normalized spacial score (nSPS) is 39.1.